The standard InChI is InChI=1S/C11H13F2NO3/c1-14(6-10(12)13)11(16)8-5-7(17-2)3-4-9(8)15/h3-5,10,15H,6H2,1-2H3. The fraction of sp³-hybridized carbons (Fsp3) is 0.364. The summed E-state index contributed by atoms with van der Waals surface area (Å²) >= 11 is 0. The van der Waals surface area contributed by atoms with Gasteiger partial charge in [-0.2, -0.15) is 0 Å². The zero-order chi connectivity index (χ0) is 13.0. The Morgan fingerprint density at radius 3 is 2.71 bits per heavy atom. The molecule has 0 aliphatic rings. The normalized spacial score (nSPS) is 10.4. The van der Waals surface area contributed by atoms with Crippen LogP contribution in [-0.4, -0.2) is 43.0 Å². The number of benzene rings is 1. The Morgan fingerprint density at radius 2 is 2.18 bits per heavy atom. The number of carbonyl (C=O) groups excluding carboxylic acids is 1. The Bertz CT molecular complexity index is 410. The Hall–Kier alpha value is -1.85. The van der Waals surface area contributed by atoms with E-state index < -0.39 is 18.9 Å². The van der Waals surface area contributed by atoms with Gasteiger partial charge < -0.3 is 14.7 Å². The summed E-state index contributed by atoms with van der Waals surface area (Å²) in [5.41, 5.74) is -0.0625. The van der Waals surface area contributed by atoms with Crippen molar-refractivity contribution in [2.24, 2.45) is 0 Å². The van der Waals surface area contributed by atoms with Gasteiger partial charge >= 0.3 is 0 Å². The van der Waals surface area contributed by atoms with E-state index in [0.29, 0.717) is 5.75 Å². The number of hydrogen-bond acceptors (Lipinski definition) is 3. The lowest BCUT2D eigenvalue weighted by atomic mass is 10.1. The molecule has 0 aliphatic carbocycles. The zero-order valence-electron chi connectivity index (χ0n) is 9.48. The van der Waals surface area contributed by atoms with E-state index in [9.17, 15) is 18.7 Å². The maximum atomic E-state index is 12.1. The number of phenols is 1. The van der Waals surface area contributed by atoms with E-state index in [2.05, 4.69) is 0 Å². The smallest absolute Gasteiger partial charge is 0.257 e. The first kappa shape index (κ1) is 13.2. The molecule has 1 amide bonds. The quantitative estimate of drug-likeness (QED) is 0.879. The number of rotatable bonds is 4. The van der Waals surface area contributed by atoms with Gasteiger partial charge in [0.05, 0.1) is 19.2 Å². The highest BCUT2D eigenvalue weighted by atomic mass is 19.3. The van der Waals surface area contributed by atoms with Crippen LogP contribution in [0.2, 0.25) is 0 Å². The van der Waals surface area contributed by atoms with Gasteiger partial charge in [0.25, 0.3) is 12.3 Å². The number of ether oxygens (including phenoxy) is 1. The van der Waals surface area contributed by atoms with Crippen molar-refractivity contribution < 1.29 is 23.4 Å². The molecule has 94 valence electrons. The average Bonchev–Trinajstić information content (AvgIpc) is 2.28. The molecule has 4 nitrogen and oxygen atoms in total. The van der Waals surface area contributed by atoms with Gasteiger partial charge in [-0.15, -0.1) is 0 Å². The molecule has 0 unspecified atom stereocenters. The number of methoxy groups -OCH3 is 1. The van der Waals surface area contributed by atoms with Gasteiger partial charge in [0.2, 0.25) is 0 Å². The van der Waals surface area contributed by atoms with Crippen LogP contribution in [0.3, 0.4) is 0 Å². The van der Waals surface area contributed by atoms with Crippen LogP contribution in [0.25, 0.3) is 0 Å². The number of halogens is 2. The first-order chi connectivity index (χ1) is 7.95. The van der Waals surface area contributed by atoms with E-state index in [4.69, 9.17) is 4.74 Å². The monoisotopic (exact) mass is 245 g/mol. The topological polar surface area (TPSA) is 49.8 Å². The van der Waals surface area contributed by atoms with Crippen LogP contribution in [0.4, 0.5) is 8.78 Å². The van der Waals surface area contributed by atoms with Gasteiger partial charge in [0.1, 0.15) is 11.5 Å². The average molecular weight is 245 g/mol. The van der Waals surface area contributed by atoms with Gasteiger partial charge in [0, 0.05) is 7.05 Å². The molecular formula is C11H13F2NO3. The van der Waals surface area contributed by atoms with Crippen molar-refractivity contribution in [2.75, 3.05) is 20.7 Å². The molecule has 0 aliphatic heterocycles. The molecule has 0 spiro atoms. The summed E-state index contributed by atoms with van der Waals surface area (Å²) in [4.78, 5) is 12.6. The molecule has 0 atom stereocenters. The number of amides is 1. The van der Waals surface area contributed by atoms with Crippen LogP contribution in [0.5, 0.6) is 11.5 Å². The summed E-state index contributed by atoms with van der Waals surface area (Å²) in [5, 5.41) is 9.49. The molecule has 0 radical (unpaired) electrons. The van der Waals surface area contributed by atoms with Crippen molar-refractivity contribution in [2.45, 2.75) is 6.43 Å². The van der Waals surface area contributed by atoms with E-state index >= 15 is 0 Å². The molecule has 0 saturated carbocycles. The lowest BCUT2D eigenvalue weighted by molar-refractivity contribution is 0.0617. The Balaban J connectivity index is 2.94. The van der Waals surface area contributed by atoms with Crippen molar-refractivity contribution in [1.82, 2.24) is 4.90 Å². The van der Waals surface area contributed by atoms with Crippen LogP contribution in [-0.2, 0) is 0 Å². The van der Waals surface area contributed by atoms with E-state index in [1.807, 2.05) is 0 Å². The maximum Gasteiger partial charge on any atom is 0.257 e. The van der Waals surface area contributed by atoms with Gasteiger partial charge in [-0.3, -0.25) is 4.79 Å². The zero-order valence-corrected chi connectivity index (χ0v) is 9.48. The largest absolute Gasteiger partial charge is 0.507 e. The highest BCUT2D eigenvalue weighted by molar-refractivity contribution is 5.97. The molecule has 0 fully saturated rings. The Morgan fingerprint density at radius 1 is 1.53 bits per heavy atom. The third kappa shape index (κ3) is 3.30. The number of alkyl halides is 2. The van der Waals surface area contributed by atoms with E-state index in [1.54, 1.807) is 0 Å². The van der Waals surface area contributed by atoms with Gasteiger partial charge in [-0.25, -0.2) is 8.78 Å². The van der Waals surface area contributed by atoms with Crippen LogP contribution in [0.15, 0.2) is 18.2 Å². The molecule has 0 aromatic heterocycles. The first-order valence-electron chi connectivity index (χ1n) is 4.86. The van der Waals surface area contributed by atoms with Gasteiger partial charge in [-0.1, -0.05) is 0 Å². The summed E-state index contributed by atoms with van der Waals surface area (Å²) in [5.74, 6) is -0.574. The Kier molecular flexibility index (Phi) is 4.25. The van der Waals surface area contributed by atoms with Crippen molar-refractivity contribution in [3.63, 3.8) is 0 Å². The summed E-state index contributed by atoms with van der Waals surface area (Å²) in [7, 11) is 2.65. The number of nitrogens with zero attached hydrogens (tertiary/aromatic N) is 1. The molecule has 17 heavy (non-hydrogen) atoms. The van der Waals surface area contributed by atoms with Crippen molar-refractivity contribution >= 4 is 5.91 Å². The molecule has 1 rings (SSSR count). The van der Waals surface area contributed by atoms with Crippen molar-refractivity contribution in [1.29, 1.82) is 0 Å². The number of aromatic hydroxyl groups is 1. The molecule has 6 heteroatoms. The second-order valence-corrected chi connectivity index (χ2v) is 3.46. The van der Waals surface area contributed by atoms with E-state index in [0.717, 1.165) is 4.90 Å². The third-order valence-electron chi connectivity index (χ3n) is 2.19. The third-order valence-corrected chi connectivity index (χ3v) is 2.19. The molecular weight excluding hydrogens is 232 g/mol. The predicted molar refractivity (Wildman–Crippen MR) is 57.6 cm³/mol. The van der Waals surface area contributed by atoms with Gasteiger partial charge in [-0.05, 0) is 18.2 Å². The fourth-order valence-corrected chi connectivity index (χ4v) is 1.31. The maximum absolute atomic E-state index is 12.1. The van der Waals surface area contributed by atoms with Crippen molar-refractivity contribution in [3.05, 3.63) is 23.8 Å². The first-order valence-corrected chi connectivity index (χ1v) is 4.86. The molecule has 0 heterocycles. The molecule has 1 N–H and O–H groups in total. The van der Waals surface area contributed by atoms with Crippen LogP contribution in [0, 0.1) is 0 Å². The predicted octanol–water partition coefficient (Wildman–Crippen LogP) is 1.74. The number of phenolic OH excluding ortho intramolecular Hbond substituents is 1. The molecule has 0 bridgehead atoms. The number of hydrogen-bond donors (Lipinski definition) is 1. The second-order valence-electron chi connectivity index (χ2n) is 3.46. The van der Waals surface area contributed by atoms with Crippen LogP contribution in [0.1, 0.15) is 10.4 Å². The minimum Gasteiger partial charge on any atom is -0.507 e. The summed E-state index contributed by atoms with van der Waals surface area (Å²) in [6.07, 6.45) is -2.61. The SMILES string of the molecule is COc1ccc(O)c(C(=O)N(C)CC(F)F)c1. The number of carbonyl (C=O) groups is 1. The summed E-state index contributed by atoms with van der Waals surface area (Å²) < 4.78 is 29.1. The summed E-state index contributed by atoms with van der Waals surface area (Å²) in [6.45, 7) is -0.685. The van der Waals surface area contributed by atoms with Crippen LogP contribution >= 0.6 is 0 Å². The minimum atomic E-state index is -2.61. The molecule has 1 aromatic carbocycles. The lowest BCUT2D eigenvalue weighted by Crippen LogP contribution is -2.31. The summed E-state index contributed by atoms with van der Waals surface area (Å²) in [6, 6.07) is 4.06. The van der Waals surface area contributed by atoms with E-state index in [-0.39, 0.29) is 11.3 Å². The van der Waals surface area contributed by atoms with E-state index in [1.165, 1.54) is 32.4 Å². The lowest BCUT2D eigenvalue weighted by Gasteiger charge is -2.17. The highest BCUT2D eigenvalue weighted by Crippen LogP contribution is 2.24. The highest BCUT2D eigenvalue weighted by Gasteiger charge is 2.19. The van der Waals surface area contributed by atoms with Crippen LogP contribution < -0.4 is 4.74 Å². The Labute approximate surface area is 97.4 Å². The fourth-order valence-electron chi connectivity index (χ4n) is 1.31. The minimum absolute atomic E-state index is 0.0625. The second kappa shape index (κ2) is 5.47. The molecule has 1 aromatic rings. The molecule has 0 saturated heterocycles. The van der Waals surface area contributed by atoms with Gasteiger partial charge in [0.15, 0.2) is 0 Å². The van der Waals surface area contributed by atoms with Crippen molar-refractivity contribution in [3.8, 4) is 11.5 Å².